The van der Waals surface area contributed by atoms with Crippen LogP contribution in [-0.4, -0.2) is 37.3 Å². The normalized spacial score (nSPS) is 30.5. The Kier molecular flexibility index (Phi) is 3.40. The minimum Gasteiger partial charge on any atom is -0.493 e. The molecular weight excluding hydrogens is 308 g/mol. The van der Waals surface area contributed by atoms with Crippen LogP contribution in [0, 0.1) is 23.7 Å². The molecular formula is C18H18N2O4. The Morgan fingerprint density at radius 2 is 1.75 bits per heavy atom. The molecule has 3 aliphatic rings. The van der Waals surface area contributed by atoms with Crippen molar-refractivity contribution in [2.45, 2.75) is 6.42 Å². The summed E-state index contributed by atoms with van der Waals surface area (Å²) in [5.74, 6) is 0.587. The molecule has 1 saturated carbocycles. The molecule has 1 heterocycles. The highest BCUT2D eigenvalue weighted by atomic mass is 16.5. The maximum atomic E-state index is 12.6. The van der Waals surface area contributed by atoms with Crippen LogP contribution in [0.25, 0.3) is 0 Å². The fourth-order valence-electron chi connectivity index (χ4n) is 4.13. The van der Waals surface area contributed by atoms with Crippen molar-refractivity contribution >= 4 is 18.0 Å². The van der Waals surface area contributed by atoms with Crippen molar-refractivity contribution in [3.63, 3.8) is 0 Å². The van der Waals surface area contributed by atoms with Gasteiger partial charge in [-0.15, -0.1) is 0 Å². The summed E-state index contributed by atoms with van der Waals surface area (Å²) in [6.07, 6.45) is 6.52. The maximum Gasteiger partial charge on any atom is 0.254 e. The van der Waals surface area contributed by atoms with Gasteiger partial charge in [-0.3, -0.25) is 9.59 Å². The van der Waals surface area contributed by atoms with Crippen LogP contribution in [0.15, 0.2) is 35.5 Å². The number of carbonyl (C=O) groups excluding carboxylic acids is 2. The summed E-state index contributed by atoms with van der Waals surface area (Å²) in [6, 6.07) is 5.37. The first kappa shape index (κ1) is 14.9. The average Bonchev–Trinajstić information content (AvgIpc) is 3.27. The molecule has 6 nitrogen and oxygen atoms in total. The van der Waals surface area contributed by atoms with Gasteiger partial charge in [0.25, 0.3) is 11.8 Å². The number of fused-ring (bicyclic) bond motifs is 5. The Hall–Kier alpha value is -2.63. The van der Waals surface area contributed by atoms with Crippen LogP contribution in [-0.2, 0) is 9.59 Å². The zero-order valence-electron chi connectivity index (χ0n) is 13.5. The number of benzene rings is 1. The lowest BCUT2D eigenvalue weighted by Gasteiger charge is -2.13. The molecule has 0 unspecified atom stereocenters. The number of allylic oxidation sites excluding steroid dienone is 2. The smallest absolute Gasteiger partial charge is 0.254 e. The van der Waals surface area contributed by atoms with E-state index in [1.165, 1.54) is 13.3 Å². The third-order valence-corrected chi connectivity index (χ3v) is 5.19. The predicted molar refractivity (Wildman–Crippen MR) is 86.7 cm³/mol. The molecule has 2 fully saturated rings. The molecule has 24 heavy (non-hydrogen) atoms. The second-order valence-corrected chi connectivity index (χ2v) is 6.32. The summed E-state index contributed by atoms with van der Waals surface area (Å²) in [4.78, 5) is 25.2. The molecule has 0 N–H and O–H groups in total. The average molecular weight is 326 g/mol. The van der Waals surface area contributed by atoms with Crippen molar-refractivity contribution in [2.24, 2.45) is 28.8 Å². The second kappa shape index (κ2) is 5.47. The number of hydrogen-bond donors (Lipinski definition) is 0. The summed E-state index contributed by atoms with van der Waals surface area (Å²) in [5.41, 5.74) is 0.649. The van der Waals surface area contributed by atoms with Gasteiger partial charge >= 0.3 is 0 Å². The zero-order chi connectivity index (χ0) is 16.8. The molecule has 1 aromatic carbocycles. The number of hydrazone groups is 1. The van der Waals surface area contributed by atoms with Crippen molar-refractivity contribution in [3.05, 3.63) is 35.9 Å². The van der Waals surface area contributed by atoms with Gasteiger partial charge in [0.2, 0.25) is 0 Å². The number of nitrogens with zero attached hydrogens (tertiary/aromatic N) is 2. The molecule has 1 aliphatic heterocycles. The van der Waals surface area contributed by atoms with Crippen LogP contribution in [0.4, 0.5) is 0 Å². The fraction of sp³-hybridized carbons (Fsp3) is 0.389. The third kappa shape index (κ3) is 1.99. The van der Waals surface area contributed by atoms with Gasteiger partial charge in [-0.05, 0) is 30.4 Å². The molecule has 0 radical (unpaired) electrons. The topological polar surface area (TPSA) is 68.2 Å². The number of methoxy groups -OCH3 is 2. The summed E-state index contributed by atoms with van der Waals surface area (Å²) in [5, 5.41) is 5.19. The molecule has 6 heteroatoms. The number of hydrogen-bond acceptors (Lipinski definition) is 5. The fourth-order valence-corrected chi connectivity index (χ4v) is 4.13. The Balaban J connectivity index is 1.62. The van der Waals surface area contributed by atoms with E-state index in [2.05, 4.69) is 17.3 Å². The Labute approximate surface area is 139 Å². The Bertz CT molecular complexity index is 740. The van der Waals surface area contributed by atoms with Crippen LogP contribution in [0.5, 0.6) is 11.5 Å². The minimum atomic E-state index is -0.239. The third-order valence-electron chi connectivity index (χ3n) is 5.19. The van der Waals surface area contributed by atoms with Gasteiger partial charge in [0, 0.05) is 5.56 Å². The number of rotatable bonds is 4. The van der Waals surface area contributed by atoms with E-state index in [-0.39, 0.29) is 35.5 Å². The monoisotopic (exact) mass is 326 g/mol. The lowest BCUT2D eigenvalue weighted by atomic mass is 9.85. The second-order valence-electron chi connectivity index (χ2n) is 6.32. The van der Waals surface area contributed by atoms with Gasteiger partial charge < -0.3 is 9.47 Å². The number of para-hydroxylation sites is 1. The van der Waals surface area contributed by atoms with Crippen LogP contribution in [0.2, 0.25) is 0 Å². The maximum absolute atomic E-state index is 12.6. The summed E-state index contributed by atoms with van der Waals surface area (Å²) < 4.78 is 10.6. The van der Waals surface area contributed by atoms with Crippen molar-refractivity contribution in [2.75, 3.05) is 14.2 Å². The molecule has 124 valence electrons. The molecule has 1 aromatic rings. The number of ether oxygens (including phenoxy) is 2. The highest BCUT2D eigenvalue weighted by Crippen LogP contribution is 2.52. The zero-order valence-corrected chi connectivity index (χ0v) is 13.5. The van der Waals surface area contributed by atoms with E-state index in [4.69, 9.17) is 9.47 Å². The first-order valence-electron chi connectivity index (χ1n) is 7.96. The van der Waals surface area contributed by atoms with Gasteiger partial charge in [-0.1, -0.05) is 18.2 Å². The van der Waals surface area contributed by atoms with Crippen LogP contribution < -0.4 is 9.47 Å². The van der Waals surface area contributed by atoms with Gasteiger partial charge in [0.15, 0.2) is 11.5 Å². The van der Waals surface area contributed by atoms with Crippen molar-refractivity contribution in [1.29, 1.82) is 0 Å². The number of carbonyl (C=O) groups is 2. The highest BCUT2D eigenvalue weighted by Gasteiger charge is 2.59. The standard InChI is InChI=1S/C18H18N2O4/c1-23-13-5-3-4-12(16(13)24-2)9-19-20-17(21)14-10-6-7-11(8-10)15(14)18(20)22/h3-7,9-11,14-15H,8H2,1-2H3/b19-9-/t10-,11-,14+,15+/m1/s1. The van der Waals surface area contributed by atoms with Gasteiger partial charge in [0.1, 0.15) is 0 Å². The summed E-state index contributed by atoms with van der Waals surface area (Å²) in [6.45, 7) is 0. The van der Waals surface area contributed by atoms with E-state index in [1.54, 1.807) is 25.3 Å². The van der Waals surface area contributed by atoms with Crippen molar-refractivity contribution in [3.8, 4) is 11.5 Å². The molecule has 0 spiro atoms. The van der Waals surface area contributed by atoms with E-state index in [0.717, 1.165) is 11.4 Å². The molecule has 2 aliphatic carbocycles. The van der Waals surface area contributed by atoms with Crippen molar-refractivity contribution < 1.29 is 19.1 Å². The Morgan fingerprint density at radius 3 is 2.33 bits per heavy atom. The van der Waals surface area contributed by atoms with E-state index >= 15 is 0 Å². The molecule has 0 aromatic heterocycles. The molecule has 1 saturated heterocycles. The SMILES string of the molecule is COc1cccc(/C=N\N2C(=O)[C@@H]3[C@@H](C2=O)[C@@H]2C=C[C@@H]3C2)c1OC. The highest BCUT2D eigenvalue weighted by molar-refractivity contribution is 6.07. The van der Waals surface area contributed by atoms with Gasteiger partial charge in [-0.2, -0.15) is 10.1 Å². The number of amides is 2. The predicted octanol–water partition coefficient (Wildman–Crippen LogP) is 1.84. The van der Waals surface area contributed by atoms with E-state index in [0.29, 0.717) is 17.1 Å². The first-order chi connectivity index (χ1) is 11.7. The van der Waals surface area contributed by atoms with Crippen molar-refractivity contribution in [1.82, 2.24) is 5.01 Å². The summed E-state index contributed by atoms with van der Waals surface area (Å²) in [7, 11) is 3.09. The minimum absolute atomic E-state index is 0.183. The molecule has 2 bridgehead atoms. The van der Waals surface area contributed by atoms with E-state index < -0.39 is 0 Å². The van der Waals surface area contributed by atoms with Gasteiger partial charge in [-0.25, -0.2) is 0 Å². The quantitative estimate of drug-likeness (QED) is 0.481. The number of imide groups is 1. The van der Waals surface area contributed by atoms with E-state index in [9.17, 15) is 9.59 Å². The van der Waals surface area contributed by atoms with Crippen LogP contribution >= 0.6 is 0 Å². The molecule has 4 rings (SSSR count). The first-order valence-corrected chi connectivity index (χ1v) is 7.96. The van der Waals surface area contributed by atoms with Crippen LogP contribution in [0.3, 0.4) is 0 Å². The molecule has 2 amide bonds. The van der Waals surface area contributed by atoms with Crippen LogP contribution in [0.1, 0.15) is 12.0 Å². The molecule has 4 atom stereocenters. The lowest BCUT2D eigenvalue weighted by Crippen LogP contribution is -2.28. The Morgan fingerprint density at radius 1 is 1.08 bits per heavy atom. The van der Waals surface area contributed by atoms with E-state index in [1.807, 2.05) is 0 Å². The largest absolute Gasteiger partial charge is 0.493 e. The van der Waals surface area contributed by atoms with Gasteiger partial charge in [0.05, 0.1) is 32.3 Å². The lowest BCUT2D eigenvalue weighted by molar-refractivity contribution is -0.140. The summed E-state index contributed by atoms with van der Waals surface area (Å²) >= 11 is 0.